The highest BCUT2D eigenvalue weighted by molar-refractivity contribution is 7.89. The molecule has 134 valence electrons. The Bertz CT molecular complexity index is 1050. The van der Waals surface area contributed by atoms with Crippen LogP contribution in [0.15, 0.2) is 53.5 Å². The number of sulfonamides is 1. The number of allylic oxidation sites excluding steroid dienone is 4. The van der Waals surface area contributed by atoms with Crippen molar-refractivity contribution in [2.45, 2.75) is 17.7 Å². The summed E-state index contributed by atoms with van der Waals surface area (Å²) in [5.41, 5.74) is 2.28. The summed E-state index contributed by atoms with van der Waals surface area (Å²) in [6.07, 6.45) is 5.09. The quantitative estimate of drug-likeness (QED) is 0.813. The van der Waals surface area contributed by atoms with Gasteiger partial charge in [-0.2, -0.15) is 0 Å². The third-order valence-corrected chi connectivity index (χ3v) is 5.25. The summed E-state index contributed by atoms with van der Waals surface area (Å²) in [6, 6.07) is 7.45. The summed E-state index contributed by atoms with van der Waals surface area (Å²) in [6.45, 7) is 1.87. The van der Waals surface area contributed by atoms with Crippen LogP contribution in [-0.2, 0) is 10.0 Å². The number of benzene rings is 1. The van der Waals surface area contributed by atoms with Gasteiger partial charge < -0.3 is 0 Å². The zero-order valence-corrected chi connectivity index (χ0v) is 15.2. The SMILES string of the molecule is Cc1cccc(C2C=CC(c3cc(F)c(S(N)(=O)=O)c(F)c3)=CC2=S)n1. The van der Waals surface area contributed by atoms with E-state index in [1.165, 1.54) is 0 Å². The van der Waals surface area contributed by atoms with E-state index in [9.17, 15) is 17.2 Å². The molecule has 1 aliphatic rings. The smallest absolute Gasteiger partial charge is 0.243 e. The van der Waals surface area contributed by atoms with E-state index in [4.69, 9.17) is 17.4 Å². The number of halogens is 2. The second-order valence-corrected chi connectivity index (χ2v) is 7.83. The molecule has 0 radical (unpaired) electrons. The molecule has 2 aromatic rings. The van der Waals surface area contributed by atoms with Crippen LogP contribution in [0, 0.1) is 18.6 Å². The number of nitrogens with two attached hydrogens (primary N) is 1. The number of hydrogen-bond acceptors (Lipinski definition) is 4. The Morgan fingerprint density at radius 2 is 1.85 bits per heavy atom. The Hall–Kier alpha value is -2.29. The van der Waals surface area contributed by atoms with Crippen LogP contribution < -0.4 is 5.14 Å². The summed E-state index contributed by atoms with van der Waals surface area (Å²) < 4.78 is 50.7. The van der Waals surface area contributed by atoms with Gasteiger partial charge in [0.05, 0.1) is 11.6 Å². The number of nitrogens with zero attached hydrogens (tertiary/aromatic N) is 1. The standard InChI is InChI=1S/C18H14F2N2O2S2/c1-10-3-2-4-16(22-10)13-6-5-11(9-17(13)25)12-7-14(19)18(15(20)8-12)26(21,23)24/h2-9,13H,1H3,(H2,21,23,24). The zero-order chi connectivity index (χ0) is 19.1. The molecular weight excluding hydrogens is 378 g/mol. The summed E-state index contributed by atoms with van der Waals surface area (Å²) >= 11 is 5.41. The molecular formula is C18H14F2N2O2S2. The number of thiocarbonyl (C=S) groups is 1. The van der Waals surface area contributed by atoms with Crippen molar-refractivity contribution in [3.05, 3.63) is 77.1 Å². The van der Waals surface area contributed by atoms with Gasteiger partial charge in [0.15, 0.2) is 4.90 Å². The Labute approximate surface area is 155 Å². The Kier molecular flexibility index (Phi) is 4.83. The minimum atomic E-state index is -4.49. The summed E-state index contributed by atoms with van der Waals surface area (Å²) in [4.78, 5) is 3.83. The van der Waals surface area contributed by atoms with Gasteiger partial charge in [-0.15, -0.1) is 0 Å². The zero-order valence-electron chi connectivity index (χ0n) is 13.6. The normalized spacial score (nSPS) is 17.3. The molecule has 3 rings (SSSR count). The van der Waals surface area contributed by atoms with Crippen molar-refractivity contribution in [3.63, 3.8) is 0 Å². The Balaban J connectivity index is 1.97. The molecule has 0 saturated heterocycles. The lowest BCUT2D eigenvalue weighted by Crippen LogP contribution is -2.16. The molecule has 0 saturated carbocycles. The Morgan fingerprint density at radius 1 is 1.19 bits per heavy atom. The van der Waals surface area contributed by atoms with Crippen molar-refractivity contribution >= 4 is 32.7 Å². The maximum Gasteiger partial charge on any atom is 0.243 e. The number of pyridine rings is 1. The Morgan fingerprint density at radius 3 is 2.38 bits per heavy atom. The molecule has 0 aliphatic heterocycles. The van der Waals surface area contributed by atoms with E-state index in [-0.39, 0.29) is 11.5 Å². The van der Waals surface area contributed by atoms with E-state index in [2.05, 4.69) is 4.98 Å². The van der Waals surface area contributed by atoms with Crippen LogP contribution in [0.4, 0.5) is 8.78 Å². The molecule has 1 aromatic carbocycles. The molecule has 2 N–H and O–H groups in total. The first-order valence-corrected chi connectivity index (χ1v) is 9.52. The number of aromatic nitrogens is 1. The van der Waals surface area contributed by atoms with Gasteiger partial charge in [0.25, 0.3) is 0 Å². The molecule has 0 bridgehead atoms. The molecule has 1 heterocycles. The third-order valence-electron chi connectivity index (χ3n) is 3.92. The average molecular weight is 392 g/mol. The molecule has 0 fully saturated rings. The molecule has 1 aromatic heterocycles. The van der Waals surface area contributed by atoms with Crippen molar-refractivity contribution in [2.75, 3.05) is 0 Å². The predicted octanol–water partition coefficient (Wildman–Crippen LogP) is 3.42. The van der Waals surface area contributed by atoms with Gasteiger partial charge in [0.1, 0.15) is 11.6 Å². The van der Waals surface area contributed by atoms with E-state index >= 15 is 0 Å². The minimum Gasteiger partial charge on any atom is -0.257 e. The van der Waals surface area contributed by atoms with E-state index in [1.54, 1.807) is 18.2 Å². The van der Waals surface area contributed by atoms with Crippen LogP contribution in [-0.4, -0.2) is 18.3 Å². The van der Waals surface area contributed by atoms with Gasteiger partial charge in [-0.25, -0.2) is 22.3 Å². The van der Waals surface area contributed by atoms with E-state index < -0.39 is 26.6 Å². The number of aryl methyl sites for hydroxylation is 1. The molecule has 1 unspecified atom stereocenters. The molecule has 4 nitrogen and oxygen atoms in total. The van der Waals surface area contributed by atoms with Crippen molar-refractivity contribution in [3.8, 4) is 0 Å². The minimum absolute atomic E-state index is 0.168. The van der Waals surface area contributed by atoms with Gasteiger partial charge in [-0.05, 0) is 48.4 Å². The molecule has 1 aliphatic carbocycles. The topological polar surface area (TPSA) is 73.1 Å². The fourth-order valence-electron chi connectivity index (χ4n) is 2.75. The van der Waals surface area contributed by atoms with Crippen LogP contribution in [0.3, 0.4) is 0 Å². The largest absolute Gasteiger partial charge is 0.257 e. The lowest BCUT2D eigenvalue weighted by Gasteiger charge is -2.18. The highest BCUT2D eigenvalue weighted by Crippen LogP contribution is 2.30. The maximum atomic E-state index is 14.1. The van der Waals surface area contributed by atoms with E-state index in [0.29, 0.717) is 10.4 Å². The van der Waals surface area contributed by atoms with E-state index in [1.807, 2.05) is 25.1 Å². The predicted molar refractivity (Wildman–Crippen MR) is 99.2 cm³/mol. The van der Waals surface area contributed by atoms with Crippen LogP contribution in [0.5, 0.6) is 0 Å². The van der Waals surface area contributed by atoms with Gasteiger partial charge in [0, 0.05) is 10.6 Å². The maximum absolute atomic E-state index is 14.1. The second-order valence-electron chi connectivity index (χ2n) is 5.86. The molecule has 0 amide bonds. The van der Waals surface area contributed by atoms with Gasteiger partial charge in [-0.1, -0.05) is 30.4 Å². The van der Waals surface area contributed by atoms with Crippen LogP contribution in [0.2, 0.25) is 0 Å². The molecule has 26 heavy (non-hydrogen) atoms. The summed E-state index contributed by atoms with van der Waals surface area (Å²) in [7, 11) is -4.49. The van der Waals surface area contributed by atoms with Crippen molar-refractivity contribution < 1.29 is 17.2 Å². The van der Waals surface area contributed by atoms with Crippen molar-refractivity contribution in [1.29, 1.82) is 0 Å². The fourth-order valence-corrected chi connectivity index (χ4v) is 3.73. The van der Waals surface area contributed by atoms with Gasteiger partial charge >= 0.3 is 0 Å². The second kappa shape index (κ2) is 6.79. The lowest BCUT2D eigenvalue weighted by molar-refractivity contribution is 0.519. The first-order valence-electron chi connectivity index (χ1n) is 7.56. The molecule has 8 heteroatoms. The van der Waals surface area contributed by atoms with E-state index in [0.717, 1.165) is 23.5 Å². The van der Waals surface area contributed by atoms with Crippen LogP contribution in [0.25, 0.3) is 5.57 Å². The highest BCUT2D eigenvalue weighted by Gasteiger charge is 2.23. The number of hydrogen-bond donors (Lipinski definition) is 1. The fraction of sp³-hybridized carbons (Fsp3) is 0.111. The van der Waals surface area contributed by atoms with Gasteiger partial charge in [0.2, 0.25) is 10.0 Å². The van der Waals surface area contributed by atoms with Gasteiger partial charge in [-0.3, -0.25) is 4.98 Å². The monoisotopic (exact) mass is 392 g/mol. The highest BCUT2D eigenvalue weighted by atomic mass is 32.2. The lowest BCUT2D eigenvalue weighted by atomic mass is 9.90. The first-order chi connectivity index (χ1) is 12.2. The van der Waals surface area contributed by atoms with Crippen LogP contribution in [0.1, 0.15) is 22.9 Å². The van der Waals surface area contributed by atoms with Crippen LogP contribution >= 0.6 is 12.2 Å². The third kappa shape index (κ3) is 3.62. The first kappa shape index (κ1) is 18.5. The summed E-state index contributed by atoms with van der Waals surface area (Å²) in [5, 5.41) is 4.84. The summed E-state index contributed by atoms with van der Waals surface area (Å²) in [5.74, 6) is -2.71. The average Bonchev–Trinajstić information content (AvgIpc) is 2.52. The number of rotatable bonds is 3. The molecule has 0 spiro atoms. The number of primary sulfonamides is 1. The van der Waals surface area contributed by atoms with Crippen molar-refractivity contribution in [2.24, 2.45) is 5.14 Å². The molecule has 1 atom stereocenters. The van der Waals surface area contributed by atoms with Crippen molar-refractivity contribution in [1.82, 2.24) is 4.98 Å².